The highest BCUT2D eigenvalue weighted by atomic mass is 32.2. The molecule has 1 atom stereocenters. The van der Waals surface area contributed by atoms with Crippen molar-refractivity contribution >= 4 is 16.0 Å². The summed E-state index contributed by atoms with van der Waals surface area (Å²) in [5.41, 5.74) is 0.738. The third-order valence-electron chi connectivity index (χ3n) is 3.29. The lowest BCUT2D eigenvalue weighted by molar-refractivity contribution is -0.143. The smallest absolute Gasteiger partial charge is 0.324 e. The summed E-state index contributed by atoms with van der Waals surface area (Å²) in [6, 6.07) is 8.18. The Labute approximate surface area is 135 Å². The van der Waals surface area contributed by atoms with E-state index in [-0.39, 0.29) is 10.8 Å². The van der Waals surface area contributed by atoms with Crippen LogP contribution in [0.5, 0.6) is 0 Å². The van der Waals surface area contributed by atoms with Crippen LogP contribution in [0.25, 0.3) is 5.69 Å². The fraction of sp³-hybridized carbons (Fsp3) is 0.333. The van der Waals surface area contributed by atoms with Gasteiger partial charge >= 0.3 is 5.97 Å². The first-order chi connectivity index (χ1) is 10.8. The molecule has 1 aromatic carbocycles. The second-order valence-corrected chi connectivity index (χ2v) is 7.04. The van der Waals surface area contributed by atoms with Crippen LogP contribution in [-0.2, 0) is 19.6 Å². The first kappa shape index (κ1) is 17.2. The van der Waals surface area contributed by atoms with E-state index in [1.165, 1.54) is 24.2 Å². The second kappa shape index (κ2) is 6.93. The average Bonchev–Trinajstić information content (AvgIpc) is 3.03. The molecule has 23 heavy (non-hydrogen) atoms. The molecule has 0 saturated carbocycles. The van der Waals surface area contributed by atoms with Gasteiger partial charge in [-0.3, -0.25) is 4.79 Å². The summed E-state index contributed by atoms with van der Waals surface area (Å²) in [6.07, 6.45) is 2.64. The number of para-hydroxylation sites is 1. The highest BCUT2D eigenvalue weighted by Gasteiger charge is 2.29. The van der Waals surface area contributed by atoms with Crippen molar-refractivity contribution in [2.24, 2.45) is 5.92 Å². The number of benzene rings is 1. The minimum atomic E-state index is -3.88. The summed E-state index contributed by atoms with van der Waals surface area (Å²) in [5, 5.41) is 4.05. The zero-order chi connectivity index (χ0) is 17.0. The Bertz CT molecular complexity index is 769. The van der Waals surface area contributed by atoms with Crippen molar-refractivity contribution < 1.29 is 17.9 Å². The van der Waals surface area contributed by atoms with Gasteiger partial charge in [-0.25, -0.2) is 13.1 Å². The molecule has 0 unspecified atom stereocenters. The average molecular weight is 337 g/mol. The SMILES string of the molecule is COC(=O)[C@H](NS(=O)(=O)c1cnn(-c2ccccc2)c1)C(C)C. The highest BCUT2D eigenvalue weighted by Crippen LogP contribution is 2.14. The van der Waals surface area contributed by atoms with Gasteiger partial charge in [0.05, 0.1) is 25.2 Å². The standard InChI is InChI=1S/C15H19N3O4S/c1-11(2)14(15(19)22-3)17-23(20,21)13-9-16-18(10-13)12-7-5-4-6-8-12/h4-11,14,17H,1-3H3/t14-/m1/s1. The fourth-order valence-corrected chi connectivity index (χ4v) is 3.25. The number of carbonyl (C=O) groups excluding carboxylic acids is 1. The molecule has 0 aliphatic rings. The number of methoxy groups -OCH3 is 1. The van der Waals surface area contributed by atoms with Gasteiger partial charge in [-0.2, -0.15) is 9.82 Å². The van der Waals surface area contributed by atoms with Gasteiger partial charge in [0, 0.05) is 0 Å². The van der Waals surface area contributed by atoms with Gasteiger partial charge in [0.1, 0.15) is 10.9 Å². The van der Waals surface area contributed by atoms with E-state index in [1.54, 1.807) is 13.8 Å². The molecular formula is C15H19N3O4S. The maximum absolute atomic E-state index is 12.4. The van der Waals surface area contributed by atoms with Crippen molar-refractivity contribution in [1.82, 2.24) is 14.5 Å². The summed E-state index contributed by atoms with van der Waals surface area (Å²) in [5.74, 6) is -0.875. The largest absolute Gasteiger partial charge is 0.468 e. The van der Waals surface area contributed by atoms with Crippen LogP contribution in [-0.4, -0.2) is 37.3 Å². The van der Waals surface area contributed by atoms with E-state index < -0.39 is 22.0 Å². The van der Waals surface area contributed by atoms with Crippen LogP contribution in [0, 0.1) is 5.92 Å². The Kier molecular flexibility index (Phi) is 5.17. The van der Waals surface area contributed by atoms with Gasteiger partial charge in [-0.1, -0.05) is 32.0 Å². The first-order valence-corrected chi connectivity index (χ1v) is 8.53. The van der Waals surface area contributed by atoms with Gasteiger partial charge in [-0.15, -0.1) is 0 Å². The monoisotopic (exact) mass is 337 g/mol. The van der Waals surface area contributed by atoms with Gasteiger partial charge in [-0.05, 0) is 18.1 Å². The third kappa shape index (κ3) is 3.96. The number of carbonyl (C=O) groups is 1. The van der Waals surface area contributed by atoms with E-state index in [4.69, 9.17) is 0 Å². The number of ether oxygens (including phenoxy) is 1. The number of nitrogens with zero attached hydrogens (tertiary/aromatic N) is 2. The van der Waals surface area contributed by atoms with Crippen molar-refractivity contribution in [3.05, 3.63) is 42.7 Å². The predicted octanol–water partition coefficient (Wildman–Crippen LogP) is 1.35. The zero-order valence-electron chi connectivity index (χ0n) is 13.1. The molecule has 7 nitrogen and oxygen atoms in total. The van der Waals surface area contributed by atoms with E-state index in [9.17, 15) is 13.2 Å². The number of nitrogens with one attached hydrogen (secondary N) is 1. The summed E-state index contributed by atoms with van der Waals surface area (Å²) in [6.45, 7) is 3.47. The van der Waals surface area contributed by atoms with Crippen molar-refractivity contribution in [2.75, 3.05) is 7.11 Å². The van der Waals surface area contributed by atoms with Gasteiger partial charge in [0.15, 0.2) is 0 Å². The lowest BCUT2D eigenvalue weighted by Crippen LogP contribution is -2.44. The van der Waals surface area contributed by atoms with Crippen LogP contribution in [0.4, 0.5) is 0 Å². The topological polar surface area (TPSA) is 90.3 Å². The quantitative estimate of drug-likeness (QED) is 0.804. The van der Waals surface area contributed by atoms with E-state index in [2.05, 4.69) is 14.6 Å². The summed E-state index contributed by atoms with van der Waals surface area (Å²) in [7, 11) is -2.66. The lowest BCUT2D eigenvalue weighted by atomic mass is 10.1. The number of rotatable bonds is 6. The molecule has 0 fully saturated rings. The number of esters is 1. The van der Waals surface area contributed by atoms with Crippen molar-refractivity contribution in [1.29, 1.82) is 0 Å². The summed E-state index contributed by atoms with van der Waals surface area (Å²) in [4.78, 5) is 11.7. The number of aromatic nitrogens is 2. The number of hydrogen-bond acceptors (Lipinski definition) is 5. The zero-order valence-corrected chi connectivity index (χ0v) is 13.9. The molecule has 124 valence electrons. The molecule has 2 aromatic rings. The van der Waals surface area contributed by atoms with Crippen LogP contribution in [0.2, 0.25) is 0 Å². The molecule has 1 heterocycles. The van der Waals surface area contributed by atoms with E-state index in [1.807, 2.05) is 30.3 Å². The van der Waals surface area contributed by atoms with Crippen LogP contribution in [0.1, 0.15) is 13.8 Å². The van der Waals surface area contributed by atoms with Gasteiger partial charge in [0.2, 0.25) is 10.0 Å². The van der Waals surface area contributed by atoms with Crippen LogP contribution < -0.4 is 4.72 Å². The van der Waals surface area contributed by atoms with Gasteiger partial charge < -0.3 is 4.74 Å². The molecule has 2 rings (SSSR count). The summed E-state index contributed by atoms with van der Waals surface area (Å²) >= 11 is 0. The predicted molar refractivity (Wildman–Crippen MR) is 84.5 cm³/mol. The molecule has 0 bridgehead atoms. The Morgan fingerprint density at radius 1 is 1.26 bits per heavy atom. The van der Waals surface area contributed by atoms with Crippen molar-refractivity contribution in [3.63, 3.8) is 0 Å². The molecule has 0 saturated heterocycles. The molecule has 0 aliphatic heterocycles. The lowest BCUT2D eigenvalue weighted by Gasteiger charge is -2.19. The second-order valence-electron chi connectivity index (χ2n) is 5.32. The van der Waals surface area contributed by atoms with Crippen LogP contribution >= 0.6 is 0 Å². The molecule has 0 radical (unpaired) electrons. The molecule has 0 amide bonds. The van der Waals surface area contributed by atoms with E-state index in [0.717, 1.165) is 5.69 Å². The number of hydrogen-bond donors (Lipinski definition) is 1. The third-order valence-corrected chi connectivity index (χ3v) is 4.69. The van der Waals surface area contributed by atoms with Crippen molar-refractivity contribution in [2.45, 2.75) is 24.8 Å². The Hall–Kier alpha value is -2.19. The van der Waals surface area contributed by atoms with Crippen LogP contribution in [0.15, 0.2) is 47.6 Å². The van der Waals surface area contributed by atoms with E-state index >= 15 is 0 Å². The molecule has 0 aliphatic carbocycles. The minimum absolute atomic E-state index is 0.0177. The van der Waals surface area contributed by atoms with E-state index in [0.29, 0.717) is 0 Å². The summed E-state index contributed by atoms with van der Waals surface area (Å²) < 4.78 is 33.3. The normalized spacial score (nSPS) is 13.0. The molecule has 0 spiro atoms. The molecule has 8 heteroatoms. The fourth-order valence-electron chi connectivity index (χ4n) is 1.99. The Morgan fingerprint density at radius 3 is 2.48 bits per heavy atom. The maximum Gasteiger partial charge on any atom is 0.324 e. The molecule has 1 aromatic heterocycles. The Morgan fingerprint density at radius 2 is 1.91 bits per heavy atom. The van der Waals surface area contributed by atoms with Gasteiger partial charge in [0.25, 0.3) is 0 Å². The van der Waals surface area contributed by atoms with Crippen LogP contribution in [0.3, 0.4) is 0 Å². The Balaban J connectivity index is 2.26. The molecular weight excluding hydrogens is 318 g/mol. The van der Waals surface area contributed by atoms with Crippen molar-refractivity contribution in [3.8, 4) is 5.69 Å². The first-order valence-electron chi connectivity index (χ1n) is 7.05. The maximum atomic E-state index is 12.4. The molecule has 1 N–H and O–H groups in total. The number of sulfonamides is 1. The highest BCUT2D eigenvalue weighted by molar-refractivity contribution is 7.89. The minimum Gasteiger partial charge on any atom is -0.468 e.